The van der Waals surface area contributed by atoms with E-state index in [0.29, 0.717) is 44.8 Å². The van der Waals surface area contributed by atoms with Gasteiger partial charge in [0, 0.05) is 24.6 Å². The van der Waals surface area contributed by atoms with E-state index in [0.717, 1.165) is 11.1 Å². The van der Waals surface area contributed by atoms with Gasteiger partial charge in [-0.3, -0.25) is 4.79 Å². The number of carbonyl (C=O) groups is 2. The number of carbonyl (C=O) groups excluding carboxylic acids is 2. The smallest absolute Gasteiger partial charge is 0.317 e. The van der Waals surface area contributed by atoms with Crippen LogP contribution in [0.15, 0.2) is 48.5 Å². The summed E-state index contributed by atoms with van der Waals surface area (Å²) in [6.45, 7) is 3.79. The summed E-state index contributed by atoms with van der Waals surface area (Å²) in [6, 6.07) is 13.2. The van der Waals surface area contributed by atoms with Crippen molar-refractivity contribution in [1.82, 2.24) is 10.2 Å². The quantitative estimate of drug-likeness (QED) is 0.608. The molecule has 0 bridgehead atoms. The Labute approximate surface area is 164 Å². The lowest BCUT2D eigenvalue weighted by molar-refractivity contribution is 0.0854. The van der Waals surface area contributed by atoms with E-state index in [1.165, 1.54) is 12.1 Å². The number of hydrogen-bond donors (Lipinski definition) is 1. The second-order valence-electron chi connectivity index (χ2n) is 7.03. The number of Topliss-reactive ketones (excluding diaryl/α,β-unsaturated/α-hetero) is 1. The van der Waals surface area contributed by atoms with Crippen LogP contribution in [0.25, 0.3) is 0 Å². The van der Waals surface area contributed by atoms with Gasteiger partial charge in [0.15, 0.2) is 5.78 Å². The Bertz CT molecular complexity index is 798. The fourth-order valence-electron chi connectivity index (χ4n) is 3.27. The summed E-state index contributed by atoms with van der Waals surface area (Å²) in [4.78, 5) is 26.6. The summed E-state index contributed by atoms with van der Waals surface area (Å²) in [6.07, 6.45) is 1.35. The molecule has 1 fully saturated rings. The van der Waals surface area contributed by atoms with Crippen LogP contribution in [0.5, 0.6) is 5.75 Å². The number of amides is 2. The molecule has 1 saturated heterocycles. The standard InChI is InChI=1S/C22H25FN2O3/c1-16-2-4-17(5-3-16)21(26)18-10-13-25(14-11-18)22(27)24-12-15-28-20-8-6-19(23)7-9-20/h2-9,18H,10-15H2,1H3,(H,24,27). The van der Waals surface area contributed by atoms with Crippen molar-refractivity contribution < 1.29 is 18.7 Å². The van der Waals surface area contributed by atoms with Crippen LogP contribution in [0.3, 0.4) is 0 Å². The number of urea groups is 1. The van der Waals surface area contributed by atoms with Crippen molar-refractivity contribution >= 4 is 11.8 Å². The van der Waals surface area contributed by atoms with Crippen molar-refractivity contribution in [2.75, 3.05) is 26.2 Å². The van der Waals surface area contributed by atoms with Crippen LogP contribution in [0, 0.1) is 18.7 Å². The Hall–Kier alpha value is -2.89. The molecule has 0 aromatic heterocycles. The maximum Gasteiger partial charge on any atom is 0.317 e. The van der Waals surface area contributed by atoms with E-state index in [-0.39, 0.29) is 23.5 Å². The third-order valence-electron chi connectivity index (χ3n) is 4.95. The Morgan fingerprint density at radius 1 is 1.07 bits per heavy atom. The van der Waals surface area contributed by atoms with Crippen molar-refractivity contribution in [2.24, 2.45) is 5.92 Å². The maximum absolute atomic E-state index is 12.8. The van der Waals surface area contributed by atoms with E-state index in [9.17, 15) is 14.0 Å². The number of nitrogens with zero attached hydrogens (tertiary/aromatic N) is 1. The second-order valence-corrected chi connectivity index (χ2v) is 7.03. The summed E-state index contributed by atoms with van der Waals surface area (Å²) in [5.41, 5.74) is 1.87. The number of likely N-dealkylation sites (tertiary alicyclic amines) is 1. The van der Waals surface area contributed by atoms with Gasteiger partial charge in [-0.15, -0.1) is 0 Å². The minimum atomic E-state index is -0.315. The van der Waals surface area contributed by atoms with Crippen molar-refractivity contribution in [3.05, 3.63) is 65.5 Å². The molecule has 0 spiro atoms. The third kappa shape index (κ3) is 5.31. The van der Waals surface area contributed by atoms with Crippen LogP contribution >= 0.6 is 0 Å². The summed E-state index contributed by atoms with van der Waals surface area (Å²) in [5.74, 6) is 0.373. The molecule has 1 aliphatic heterocycles. The molecule has 1 aliphatic rings. The number of nitrogens with one attached hydrogen (secondary N) is 1. The topological polar surface area (TPSA) is 58.6 Å². The molecule has 2 aromatic rings. The Balaban J connectivity index is 1.38. The molecule has 0 aliphatic carbocycles. The average Bonchev–Trinajstić information content (AvgIpc) is 2.72. The number of piperidine rings is 1. The van der Waals surface area contributed by atoms with Gasteiger partial charge in [-0.1, -0.05) is 29.8 Å². The zero-order valence-electron chi connectivity index (χ0n) is 16.0. The van der Waals surface area contributed by atoms with Gasteiger partial charge in [0.05, 0.1) is 6.54 Å². The molecule has 148 valence electrons. The fourth-order valence-corrected chi connectivity index (χ4v) is 3.27. The summed E-state index contributed by atoms with van der Waals surface area (Å²) in [7, 11) is 0. The molecule has 1 N–H and O–H groups in total. The fraction of sp³-hybridized carbons (Fsp3) is 0.364. The molecule has 28 heavy (non-hydrogen) atoms. The first kappa shape index (κ1) is 19.9. The molecule has 5 nitrogen and oxygen atoms in total. The molecular formula is C22H25FN2O3. The van der Waals surface area contributed by atoms with Crippen molar-refractivity contribution in [3.8, 4) is 5.75 Å². The van der Waals surface area contributed by atoms with Gasteiger partial charge in [-0.2, -0.15) is 0 Å². The summed E-state index contributed by atoms with van der Waals surface area (Å²) >= 11 is 0. The average molecular weight is 384 g/mol. The van der Waals surface area contributed by atoms with Crippen LogP contribution in [-0.4, -0.2) is 43.0 Å². The molecular weight excluding hydrogens is 359 g/mol. The molecule has 0 atom stereocenters. The second kappa shape index (κ2) is 9.35. The first-order valence-electron chi connectivity index (χ1n) is 9.55. The van der Waals surface area contributed by atoms with E-state index >= 15 is 0 Å². The minimum Gasteiger partial charge on any atom is -0.492 e. The van der Waals surface area contributed by atoms with Crippen LogP contribution in [0.2, 0.25) is 0 Å². The number of aryl methyl sites for hydroxylation is 1. The Morgan fingerprint density at radius 3 is 2.36 bits per heavy atom. The monoisotopic (exact) mass is 384 g/mol. The molecule has 2 aromatic carbocycles. The number of rotatable bonds is 6. The maximum atomic E-state index is 12.8. The van der Waals surface area contributed by atoms with Crippen molar-refractivity contribution in [2.45, 2.75) is 19.8 Å². The number of benzene rings is 2. The van der Waals surface area contributed by atoms with Crippen LogP contribution in [0.1, 0.15) is 28.8 Å². The van der Waals surface area contributed by atoms with Gasteiger partial charge in [0.2, 0.25) is 0 Å². The van der Waals surface area contributed by atoms with Gasteiger partial charge < -0.3 is 15.0 Å². The van der Waals surface area contributed by atoms with Gasteiger partial charge >= 0.3 is 6.03 Å². The molecule has 0 unspecified atom stereocenters. The zero-order valence-corrected chi connectivity index (χ0v) is 16.0. The lowest BCUT2D eigenvalue weighted by Gasteiger charge is -2.31. The highest BCUT2D eigenvalue weighted by Gasteiger charge is 2.27. The minimum absolute atomic E-state index is 0.0337. The van der Waals surface area contributed by atoms with Gasteiger partial charge in [-0.05, 0) is 44.0 Å². The van der Waals surface area contributed by atoms with Gasteiger partial charge in [-0.25, -0.2) is 9.18 Å². The highest BCUT2D eigenvalue weighted by Crippen LogP contribution is 2.22. The van der Waals surface area contributed by atoms with Crippen molar-refractivity contribution in [1.29, 1.82) is 0 Å². The highest BCUT2D eigenvalue weighted by atomic mass is 19.1. The van der Waals surface area contributed by atoms with Crippen LogP contribution in [0.4, 0.5) is 9.18 Å². The number of halogens is 1. The third-order valence-corrected chi connectivity index (χ3v) is 4.95. The predicted octanol–water partition coefficient (Wildman–Crippen LogP) is 3.82. The lowest BCUT2D eigenvalue weighted by Crippen LogP contribution is -2.46. The van der Waals surface area contributed by atoms with E-state index in [2.05, 4.69) is 5.32 Å². The molecule has 2 amide bonds. The predicted molar refractivity (Wildman–Crippen MR) is 105 cm³/mol. The highest BCUT2D eigenvalue weighted by molar-refractivity contribution is 5.98. The summed E-state index contributed by atoms with van der Waals surface area (Å²) in [5, 5.41) is 2.82. The molecule has 1 heterocycles. The first-order valence-corrected chi connectivity index (χ1v) is 9.55. The molecule has 6 heteroatoms. The van der Waals surface area contributed by atoms with E-state index in [4.69, 9.17) is 4.74 Å². The lowest BCUT2D eigenvalue weighted by atomic mass is 9.89. The van der Waals surface area contributed by atoms with Crippen LogP contribution < -0.4 is 10.1 Å². The summed E-state index contributed by atoms with van der Waals surface area (Å²) < 4.78 is 18.3. The van der Waals surface area contributed by atoms with E-state index in [1.54, 1.807) is 17.0 Å². The zero-order chi connectivity index (χ0) is 19.9. The van der Waals surface area contributed by atoms with Crippen LogP contribution in [-0.2, 0) is 0 Å². The largest absolute Gasteiger partial charge is 0.492 e. The molecule has 0 radical (unpaired) electrons. The van der Waals surface area contributed by atoms with E-state index in [1.807, 2.05) is 31.2 Å². The molecule has 3 rings (SSSR count). The number of ether oxygens (including phenoxy) is 1. The van der Waals surface area contributed by atoms with Gasteiger partial charge in [0.25, 0.3) is 0 Å². The Morgan fingerprint density at radius 2 is 1.71 bits per heavy atom. The number of ketones is 1. The normalized spacial score (nSPS) is 14.6. The number of hydrogen-bond acceptors (Lipinski definition) is 3. The Kier molecular flexibility index (Phi) is 6.63. The van der Waals surface area contributed by atoms with Crippen molar-refractivity contribution in [3.63, 3.8) is 0 Å². The first-order chi connectivity index (χ1) is 13.5. The SMILES string of the molecule is Cc1ccc(C(=O)C2CCN(C(=O)NCCOc3ccc(F)cc3)CC2)cc1. The molecule has 0 saturated carbocycles. The van der Waals surface area contributed by atoms with Gasteiger partial charge in [0.1, 0.15) is 18.2 Å². The van der Waals surface area contributed by atoms with E-state index < -0.39 is 0 Å².